The molecule has 0 atom stereocenters. The Bertz CT molecular complexity index is 1250. The molecule has 166 valence electrons. The zero-order valence-electron chi connectivity index (χ0n) is 16.3. The lowest BCUT2D eigenvalue weighted by atomic mass is 10.1. The van der Waals surface area contributed by atoms with E-state index in [2.05, 4.69) is 10.9 Å². The molecule has 0 bridgehead atoms. The maximum atomic E-state index is 12.3. The minimum atomic E-state index is -4.11. The number of hydrogen-bond donors (Lipinski definition) is 3. The molecule has 0 unspecified atom stereocenters. The lowest BCUT2D eigenvalue weighted by molar-refractivity contribution is 0.0846. The fraction of sp³-hybridized carbons (Fsp3) is 0.0476. The Morgan fingerprint density at radius 3 is 2.00 bits per heavy atom. The Balaban J connectivity index is 1.57. The minimum absolute atomic E-state index is 0.0478. The third kappa shape index (κ3) is 6.21. The van der Waals surface area contributed by atoms with E-state index in [1.807, 2.05) is 0 Å². The molecule has 8 nitrogen and oxygen atoms in total. The Hall–Kier alpha value is -3.11. The van der Waals surface area contributed by atoms with Crippen molar-refractivity contribution in [2.75, 3.05) is 0 Å². The molecule has 0 saturated carbocycles. The topological polar surface area (TPSA) is 128 Å². The Morgan fingerprint density at radius 2 is 1.41 bits per heavy atom. The van der Waals surface area contributed by atoms with E-state index in [0.717, 1.165) is 11.6 Å². The van der Waals surface area contributed by atoms with Crippen LogP contribution in [0.3, 0.4) is 0 Å². The minimum Gasteiger partial charge on any atom is -0.489 e. The van der Waals surface area contributed by atoms with Crippen molar-refractivity contribution in [2.45, 2.75) is 11.5 Å². The van der Waals surface area contributed by atoms with Crippen molar-refractivity contribution >= 4 is 45.0 Å². The third-order valence-corrected chi connectivity index (χ3v) is 5.87. The van der Waals surface area contributed by atoms with Crippen LogP contribution in [0, 0.1) is 0 Å². The second kappa shape index (κ2) is 10.0. The second-order valence-corrected chi connectivity index (χ2v) is 8.91. The molecule has 4 N–H and O–H groups in total. The van der Waals surface area contributed by atoms with Gasteiger partial charge in [-0.15, -0.1) is 0 Å². The monoisotopic (exact) mass is 493 g/mol. The van der Waals surface area contributed by atoms with E-state index >= 15 is 0 Å². The molecular formula is C21H17Cl2N3O5S. The first kappa shape index (κ1) is 23.6. The highest BCUT2D eigenvalue weighted by Crippen LogP contribution is 2.21. The lowest BCUT2D eigenvalue weighted by Gasteiger charge is -2.10. The van der Waals surface area contributed by atoms with E-state index in [1.54, 1.807) is 48.5 Å². The van der Waals surface area contributed by atoms with Crippen molar-refractivity contribution < 1.29 is 22.7 Å². The zero-order chi connectivity index (χ0) is 23.3. The summed E-state index contributed by atoms with van der Waals surface area (Å²) in [6.07, 6.45) is 0. The first-order valence-electron chi connectivity index (χ1n) is 9.04. The number of sulfonamides is 1. The number of carbonyl (C=O) groups is 2. The quantitative estimate of drug-likeness (QED) is 0.453. The van der Waals surface area contributed by atoms with Gasteiger partial charge < -0.3 is 4.74 Å². The largest absolute Gasteiger partial charge is 0.489 e. The SMILES string of the molecule is NS(=O)(=O)c1cc(C(=O)NNC(=O)c2ccc(COc3ccc(Cl)cc3)cc2)ccc1Cl. The summed E-state index contributed by atoms with van der Waals surface area (Å²) in [4.78, 5) is 24.1. The summed E-state index contributed by atoms with van der Waals surface area (Å²) < 4.78 is 28.7. The summed E-state index contributed by atoms with van der Waals surface area (Å²) in [6.45, 7) is 0.295. The van der Waals surface area contributed by atoms with Gasteiger partial charge in [-0.2, -0.15) is 0 Å². The van der Waals surface area contributed by atoms with Crippen LogP contribution in [0.25, 0.3) is 0 Å². The highest BCUT2D eigenvalue weighted by Gasteiger charge is 2.17. The maximum Gasteiger partial charge on any atom is 0.269 e. The van der Waals surface area contributed by atoms with Gasteiger partial charge in [-0.3, -0.25) is 20.4 Å². The molecule has 0 spiro atoms. The number of hydrogen-bond acceptors (Lipinski definition) is 5. The highest BCUT2D eigenvalue weighted by atomic mass is 35.5. The van der Waals surface area contributed by atoms with Gasteiger partial charge in [0.2, 0.25) is 10.0 Å². The van der Waals surface area contributed by atoms with Crippen LogP contribution in [0.15, 0.2) is 71.6 Å². The molecule has 0 aliphatic heterocycles. The predicted octanol–water partition coefficient (Wildman–Crippen LogP) is 3.29. The van der Waals surface area contributed by atoms with Crippen LogP contribution in [-0.4, -0.2) is 20.2 Å². The number of ether oxygens (including phenoxy) is 1. The average Bonchev–Trinajstić information content (AvgIpc) is 2.76. The molecular weight excluding hydrogens is 477 g/mol. The molecule has 11 heteroatoms. The van der Waals surface area contributed by atoms with Gasteiger partial charge in [-0.1, -0.05) is 35.3 Å². The van der Waals surface area contributed by atoms with E-state index in [1.165, 1.54) is 12.1 Å². The number of hydrazine groups is 1. The van der Waals surface area contributed by atoms with Crippen LogP contribution in [0.5, 0.6) is 5.75 Å². The summed E-state index contributed by atoms with van der Waals surface area (Å²) in [5, 5.41) is 5.56. The van der Waals surface area contributed by atoms with Gasteiger partial charge in [0.1, 0.15) is 17.3 Å². The molecule has 2 amide bonds. The van der Waals surface area contributed by atoms with Crippen LogP contribution in [-0.2, 0) is 16.6 Å². The first-order chi connectivity index (χ1) is 15.1. The molecule has 3 aromatic carbocycles. The van der Waals surface area contributed by atoms with Gasteiger partial charge in [-0.25, -0.2) is 13.6 Å². The van der Waals surface area contributed by atoms with Crippen molar-refractivity contribution in [1.82, 2.24) is 10.9 Å². The van der Waals surface area contributed by atoms with Gasteiger partial charge in [0.05, 0.1) is 5.02 Å². The predicted molar refractivity (Wildman–Crippen MR) is 120 cm³/mol. The van der Waals surface area contributed by atoms with Crippen LogP contribution >= 0.6 is 23.2 Å². The van der Waals surface area contributed by atoms with Crippen molar-refractivity contribution in [3.63, 3.8) is 0 Å². The van der Waals surface area contributed by atoms with E-state index in [0.29, 0.717) is 22.9 Å². The molecule has 0 heterocycles. The number of nitrogens with one attached hydrogen (secondary N) is 2. The van der Waals surface area contributed by atoms with E-state index in [9.17, 15) is 18.0 Å². The molecule has 0 aromatic heterocycles. The molecule has 3 rings (SSSR count). The number of rotatable bonds is 6. The van der Waals surface area contributed by atoms with Crippen molar-refractivity contribution in [1.29, 1.82) is 0 Å². The highest BCUT2D eigenvalue weighted by molar-refractivity contribution is 7.89. The van der Waals surface area contributed by atoms with Gasteiger partial charge in [0.15, 0.2) is 0 Å². The molecule has 32 heavy (non-hydrogen) atoms. The number of halogens is 2. The van der Waals surface area contributed by atoms with Gasteiger partial charge >= 0.3 is 0 Å². The standard InChI is InChI=1S/C21H17Cl2N3O5S/c22-16-6-8-17(9-7-16)31-12-13-1-3-14(4-2-13)20(27)25-26-21(28)15-5-10-18(23)19(11-15)32(24,29)30/h1-11H,12H2,(H,25,27)(H,26,28)(H2,24,29,30). The van der Waals surface area contributed by atoms with Crippen LogP contribution in [0.4, 0.5) is 0 Å². The van der Waals surface area contributed by atoms with E-state index < -0.39 is 26.7 Å². The van der Waals surface area contributed by atoms with Crippen LogP contribution in [0.1, 0.15) is 26.3 Å². The van der Waals surface area contributed by atoms with Gasteiger partial charge in [0, 0.05) is 16.1 Å². The Labute approximate surface area is 194 Å². The molecule has 0 aliphatic carbocycles. The molecule has 0 fully saturated rings. The number of nitrogens with two attached hydrogens (primary N) is 1. The molecule has 0 radical (unpaired) electrons. The molecule has 3 aromatic rings. The summed E-state index contributed by atoms with van der Waals surface area (Å²) in [7, 11) is -4.11. The number of benzene rings is 3. The van der Waals surface area contributed by atoms with E-state index in [4.69, 9.17) is 33.1 Å². The fourth-order valence-electron chi connectivity index (χ4n) is 2.57. The lowest BCUT2D eigenvalue weighted by Crippen LogP contribution is -2.41. The van der Waals surface area contributed by atoms with Crippen molar-refractivity contribution in [3.05, 3.63) is 93.5 Å². The maximum absolute atomic E-state index is 12.3. The Kier molecular flexibility index (Phi) is 7.37. The average molecular weight is 494 g/mol. The summed E-state index contributed by atoms with van der Waals surface area (Å²) in [5.74, 6) is -0.649. The van der Waals surface area contributed by atoms with Crippen molar-refractivity contribution in [3.8, 4) is 5.75 Å². The second-order valence-electron chi connectivity index (χ2n) is 6.54. The van der Waals surface area contributed by atoms with Crippen molar-refractivity contribution in [2.24, 2.45) is 5.14 Å². The van der Waals surface area contributed by atoms with Gasteiger partial charge in [-0.05, 0) is 60.2 Å². The fourth-order valence-corrected chi connectivity index (χ4v) is 3.77. The zero-order valence-corrected chi connectivity index (χ0v) is 18.7. The molecule has 0 aliphatic rings. The normalized spacial score (nSPS) is 11.0. The smallest absolute Gasteiger partial charge is 0.269 e. The first-order valence-corrected chi connectivity index (χ1v) is 11.3. The Morgan fingerprint density at radius 1 is 0.844 bits per heavy atom. The number of amides is 2. The summed E-state index contributed by atoms with van der Waals surface area (Å²) >= 11 is 11.6. The molecule has 0 saturated heterocycles. The summed E-state index contributed by atoms with van der Waals surface area (Å²) in [6, 6.07) is 17.1. The van der Waals surface area contributed by atoms with Gasteiger partial charge in [0.25, 0.3) is 11.8 Å². The number of primary sulfonamides is 1. The number of carbonyl (C=O) groups excluding carboxylic acids is 2. The summed E-state index contributed by atoms with van der Waals surface area (Å²) in [5.41, 5.74) is 5.54. The van der Waals surface area contributed by atoms with Crippen LogP contribution in [0.2, 0.25) is 10.0 Å². The van der Waals surface area contributed by atoms with Crippen LogP contribution < -0.4 is 20.7 Å². The third-order valence-electron chi connectivity index (χ3n) is 4.22. The van der Waals surface area contributed by atoms with E-state index in [-0.39, 0.29) is 10.6 Å².